The van der Waals surface area contributed by atoms with Crippen LogP contribution in [-0.2, 0) is 9.59 Å². The van der Waals surface area contributed by atoms with E-state index in [1.807, 2.05) is 0 Å². The molecule has 0 aliphatic heterocycles. The molecule has 4 heteroatoms. The first-order valence-corrected chi connectivity index (χ1v) is 4.55. The second kappa shape index (κ2) is 6.74. The van der Waals surface area contributed by atoms with Crippen LogP contribution in [0.3, 0.4) is 0 Å². The van der Waals surface area contributed by atoms with E-state index in [1.165, 1.54) is 6.92 Å². The molecule has 0 aromatic heterocycles. The van der Waals surface area contributed by atoms with E-state index in [1.54, 1.807) is 0 Å². The predicted octanol–water partition coefficient (Wildman–Crippen LogP) is -0.00910. The van der Waals surface area contributed by atoms with Gasteiger partial charge in [-0.05, 0) is 26.3 Å². The molecule has 0 spiro atoms. The normalized spacial score (nSPS) is 12.5. The Bertz CT molecular complexity index is 180. The molecule has 0 aliphatic rings. The third-order valence-corrected chi connectivity index (χ3v) is 1.84. The number of hydrogen-bond donors (Lipinski definition) is 2. The molecule has 0 saturated heterocycles. The maximum absolute atomic E-state index is 11.2. The molecule has 1 atom stereocenters. The first-order chi connectivity index (χ1) is 6.07. The van der Waals surface area contributed by atoms with E-state index in [0.29, 0.717) is 32.2 Å². The average Bonchev–Trinajstić information content (AvgIpc) is 2.04. The number of hydrogen-bond acceptors (Lipinski definition) is 4. The molecule has 0 aliphatic carbocycles. The fourth-order valence-corrected chi connectivity index (χ4v) is 1.04. The van der Waals surface area contributed by atoms with Gasteiger partial charge in [-0.25, -0.2) is 0 Å². The summed E-state index contributed by atoms with van der Waals surface area (Å²) in [7, 11) is 0. The monoisotopic (exact) mass is 186 g/mol. The number of nitrogens with two attached hydrogens (primary N) is 2. The molecule has 0 heterocycles. The topological polar surface area (TPSA) is 86.2 Å². The fourth-order valence-electron chi connectivity index (χ4n) is 1.04. The minimum absolute atomic E-state index is 0.00620. The molecule has 4 nitrogen and oxygen atoms in total. The van der Waals surface area contributed by atoms with E-state index >= 15 is 0 Å². The molecular weight excluding hydrogens is 168 g/mol. The first-order valence-electron chi connectivity index (χ1n) is 4.55. The van der Waals surface area contributed by atoms with E-state index in [2.05, 4.69) is 0 Å². The number of carbonyl (C=O) groups is 2. The molecule has 0 bridgehead atoms. The van der Waals surface area contributed by atoms with Crippen LogP contribution < -0.4 is 11.5 Å². The molecule has 76 valence electrons. The molecule has 0 fully saturated rings. The zero-order chi connectivity index (χ0) is 10.3. The van der Waals surface area contributed by atoms with Crippen LogP contribution in [0.25, 0.3) is 0 Å². The zero-order valence-corrected chi connectivity index (χ0v) is 8.08. The number of carbonyl (C=O) groups excluding carboxylic acids is 2. The van der Waals surface area contributed by atoms with Crippen molar-refractivity contribution in [1.82, 2.24) is 0 Å². The molecule has 13 heavy (non-hydrogen) atoms. The summed E-state index contributed by atoms with van der Waals surface area (Å²) in [5.41, 5.74) is 10.8. The van der Waals surface area contributed by atoms with Crippen LogP contribution in [0.1, 0.15) is 32.6 Å². The second-order valence-electron chi connectivity index (χ2n) is 3.21. The van der Waals surface area contributed by atoms with Crippen LogP contribution >= 0.6 is 0 Å². The lowest BCUT2D eigenvalue weighted by atomic mass is 10.0. The van der Waals surface area contributed by atoms with E-state index in [9.17, 15) is 9.59 Å². The smallest absolute Gasteiger partial charge is 0.149 e. The van der Waals surface area contributed by atoms with Gasteiger partial charge in [-0.3, -0.25) is 4.79 Å². The fraction of sp³-hybridized carbons (Fsp3) is 0.778. The van der Waals surface area contributed by atoms with Gasteiger partial charge in [0.1, 0.15) is 11.6 Å². The highest BCUT2D eigenvalue weighted by Crippen LogP contribution is 2.01. The Hall–Kier alpha value is -0.740. The SMILES string of the molecule is CC(=O)CCCC(=O)[C@@H](N)CCN. The number of Topliss-reactive ketones (excluding diaryl/α,β-unsaturated/α-hetero) is 2. The molecule has 0 aromatic rings. The van der Waals surface area contributed by atoms with Gasteiger partial charge in [-0.15, -0.1) is 0 Å². The van der Waals surface area contributed by atoms with Crippen molar-refractivity contribution in [3.8, 4) is 0 Å². The third kappa shape index (κ3) is 6.42. The summed E-state index contributed by atoms with van der Waals surface area (Å²) < 4.78 is 0. The molecule has 0 aromatic carbocycles. The van der Waals surface area contributed by atoms with Gasteiger partial charge in [0.2, 0.25) is 0 Å². The lowest BCUT2D eigenvalue weighted by molar-refractivity contribution is -0.120. The van der Waals surface area contributed by atoms with Gasteiger partial charge in [0.15, 0.2) is 0 Å². The predicted molar refractivity (Wildman–Crippen MR) is 51.2 cm³/mol. The Morgan fingerprint density at radius 1 is 1.31 bits per heavy atom. The average molecular weight is 186 g/mol. The summed E-state index contributed by atoms with van der Waals surface area (Å²) in [6, 6.07) is -0.447. The molecule has 0 unspecified atom stereocenters. The van der Waals surface area contributed by atoms with Crippen LogP contribution in [0.15, 0.2) is 0 Å². The quantitative estimate of drug-likeness (QED) is 0.585. The lowest BCUT2D eigenvalue weighted by Gasteiger charge is -2.07. The number of rotatable bonds is 7. The van der Waals surface area contributed by atoms with Crippen molar-refractivity contribution < 1.29 is 9.59 Å². The third-order valence-electron chi connectivity index (χ3n) is 1.84. The van der Waals surface area contributed by atoms with E-state index < -0.39 is 6.04 Å². The standard InChI is InChI=1S/C9H18N2O2/c1-7(12)3-2-4-9(13)8(11)5-6-10/h8H,2-6,10-11H2,1H3/t8-/m0/s1. The molecule has 0 radical (unpaired) electrons. The summed E-state index contributed by atoms with van der Waals surface area (Å²) >= 11 is 0. The van der Waals surface area contributed by atoms with E-state index in [0.717, 1.165) is 0 Å². The highest BCUT2D eigenvalue weighted by Gasteiger charge is 2.11. The highest BCUT2D eigenvalue weighted by molar-refractivity contribution is 5.84. The van der Waals surface area contributed by atoms with Crippen molar-refractivity contribution in [3.63, 3.8) is 0 Å². The van der Waals surface area contributed by atoms with E-state index in [-0.39, 0.29) is 11.6 Å². The Labute approximate surface area is 78.7 Å². The Balaban J connectivity index is 3.55. The minimum Gasteiger partial charge on any atom is -0.330 e. The summed E-state index contributed by atoms with van der Waals surface area (Å²) in [6.45, 7) is 1.95. The Kier molecular flexibility index (Phi) is 6.36. The van der Waals surface area contributed by atoms with Crippen molar-refractivity contribution in [3.05, 3.63) is 0 Å². The lowest BCUT2D eigenvalue weighted by Crippen LogP contribution is -2.32. The summed E-state index contributed by atoms with van der Waals surface area (Å²) in [5.74, 6) is 0.117. The van der Waals surface area contributed by atoms with Crippen LogP contribution in [0.5, 0.6) is 0 Å². The molecule has 4 N–H and O–H groups in total. The van der Waals surface area contributed by atoms with Crippen LogP contribution in [-0.4, -0.2) is 24.2 Å². The van der Waals surface area contributed by atoms with Gasteiger partial charge in [0.05, 0.1) is 6.04 Å². The maximum atomic E-state index is 11.2. The van der Waals surface area contributed by atoms with Crippen LogP contribution in [0, 0.1) is 0 Å². The van der Waals surface area contributed by atoms with Gasteiger partial charge in [0.25, 0.3) is 0 Å². The largest absolute Gasteiger partial charge is 0.330 e. The van der Waals surface area contributed by atoms with Crippen molar-refractivity contribution in [2.24, 2.45) is 11.5 Å². The van der Waals surface area contributed by atoms with Gasteiger partial charge in [-0.2, -0.15) is 0 Å². The highest BCUT2D eigenvalue weighted by atomic mass is 16.1. The summed E-state index contributed by atoms with van der Waals surface area (Å²) in [4.78, 5) is 21.8. The van der Waals surface area contributed by atoms with Crippen LogP contribution in [0.2, 0.25) is 0 Å². The van der Waals surface area contributed by atoms with Crippen molar-refractivity contribution in [1.29, 1.82) is 0 Å². The Morgan fingerprint density at radius 2 is 1.92 bits per heavy atom. The molecule has 0 saturated carbocycles. The number of ketones is 2. The van der Waals surface area contributed by atoms with Crippen molar-refractivity contribution >= 4 is 11.6 Å². The van der Waals surface area contributed by atoms with Gasteiger partial charge in [-0.1, -0.05) is 0 Å². The first kappa shape index (κ1) is 12.3. The zero-order valence-electron chi connectivity index (χ0n) is 8.08. The summed E-state index contributed by atoms with van der Waals surface area (Å²) in [5, 5.41) is 0. The minimum atomic E-state index is -0.447. The van der Waals surface area contributed by atoms with Crippen molar-refractivity contribution in [2.45, 2.75) is 38.6 Å². The molecule has 0 amide bonds. The van der Waals surface area contributed by atoms with E-state index in [4.69, 9.17) is 11.5 Å². The van der Waals surface area contributed by atoms with Crippen LogP contribution in [0.4, 0.5) is 0 Å². The summed E-state index contributed by atoms with van der Waals surface area (Å²) in [6.07, 6.45) is 1.98. The van der Waals surface area contributed by atoms with Gasteiger partial charge >= 0.3 is 0 Å². The molecule has 0 rings (SSSR count). The second-order valence-corrected chi connectivity index (χ2v) is 3.21. The van der Waals surface area contributed by atoms with Gasteiger partial charge < -0.3 is 16.3 Å². The molecular formula is C9H18N2O2. The maximum Gasteiger partial charge on any atom is 0.149 e. The van der Waals surface area contributed by atoms with Crippen molar-refractivity contribution in [2.75, 3.05) is 6.54 Å². The Morgan fingerprint density at radius 3 is 2.38 bits per heavy atom. The van der Waals surface area contributed by atoms with Gasteiger partial charge in [0, 0.05) is 12.8 Å².